The van der Waals surface area contributed by atoms with Gasteiger partial charge < -0.3 is 19.5 Å². The van der Waals surface area contributed by atoms with Crippen LogP contribution in [0.3, 0.4) is 0 Å². The van der Waals surface area contributed by atoms with Gasteiger partial charge in [0.05, 0.1) is 19.8 Å². The van der Waals surface area contributed by atoms with Crippen molar-refractivity contribution < 1.29 is 32.2 Å². The summed E-state index contributed by atoms with van der Waals surface area (Å²) in [7, 11) is 3.04. The number of benzene rings is 2. The van der Waals surface area contributed by atoms with Crippen LogP contribution in [0.1, 0.15) is 11.1 Å². The number of rotatable bonds is 7. The van der Waals surface area contributed by atoms with E-state index in [0.717, 1.165) is 17.7 Å². The summed E-state index contributed by atoms with van der Waals surface area (Å²) >= 11 is 0. The van der Waals surface area contributed by atoms with E-state index in [4.69, 9.17) is 14.2 Å². The Bertz CT molecular complexity index is 745. The molecule has 2 aromatic rings. The second-order valence-electron chi connectivity index (χ2n) is 5.28. The zero-order chi connectivity index (χ0) is 19.2. The molecule has 0 atom stereocenters. The molecule has 0 saturated heterocycles. The van der Waals surface area contributed by atoms with Crippen molar-refractivity contribution in [2.45, 2.75) is 12.7 Å². The third kappa shape index (κ3) is 5.30. The fourth-order valence-electron chi connectivity index (χ4n) is 2.13. The van der Waals surface area contributed by atoms with Crippen LogP contribution < -0.4 is 19.5 Å². The minimum absolute atomic E-state index is 0.180. The highest BCUT2D eigenvalue weighted by molar-refractivity contribution is 5.77. The van der Waals surface area contributed by atoms with Crippen LogP contribution in [0, 0.1) is 0 Å². The van der Waals surface area contributed by atoms with Gasteiger partial charge in [0.25, 0.3) is 5.91 Å². The summed E-state index contributed by atoms with van der Waals surface area (Å²) in [5.41, 5.74) is 0.0216. The van der Waals surface area contributed by atoms with E-state index in [-0.39, 0.29) is 18.9 Å². The maximum Gasteiger partial charge on any atom is 0.416 e. The summed E-state index contributed by atoms with van der Waals surface area (Å²) in [5, 5.41) is 2.65. The van der Waals surface area contributed by atoms with Gasteiger partial charge in [0.1, 0.15) is 5.75 Å². The van der Waals surface area contributed by atoms with E-state index in [1.807, 2.05) is 0 Å². The lowest BCUT2D eigenvalue weighted by Gasteiger charge is -2.11. The lowest BCUT2D eigenvalue weighted by atomic mass is 10.2. The standard InChI is InChI=1S/C18H18F3NO4/c1-24-15-8-3-12(9-16(15)25-2)10-22-17(23)11-26-14-6-4-13(5-7-14)18(19,20)21/h3-9H,10-11H2,1-2H3,(H,22,23). The highest BCUT2D eigenvalue weighted by Crippen LogP contribution is 2.30. The molecule has 2 rings (SSSR count). The summed E-state index contributed by atoms with van der Waals surface area (Å²) < 4.78 is 52.9. The average Bonchev–Trinajstić information content (AvgIpc) is 2.64. The predicted molar refractivity (Wildman–Crippen MR) is 88.3 cm³/mol. The third-order valence-electron chi connectivity index (χ3n) is 3.49. The molecule has 26 heavy (non-hydrogen) atoms. The van der Waals surface area contributed by atoms with Crippen LogP contribution >= 0.6 is 0 Å². The lowest BCUT2D eigenvalue weighted by molar-refractivity contribution is -0.137. The molecule has 2 aromatic carbocycles. The SMILES string of the molecule is COc1ccc(CNC(=O)COc2ccc(C(F)(F)F)cc2)cc1OC. The Morgan fingerprint density at radius 2 is 1.65 bits per heavy atom. The van der Waals surface area contributed by atoms with E-state index in [1.54, 1.807) is 18.2 Å². The van der Waals surface area contributed by atoms with E-state index in [9.17, 15) is 18.0 Å². The first-order valence-electron chi connectivity index (χ1n) is 7.61. The Kier molecular flexibility index (Phi) is 6.32. The average molecular weight is 369 g/mol. The molecular formula is C18H18F3NO4. The van der Waals surface area contributed by atoms with Gasteiger partial charge in [-0.1, -0.05) is 6.07 Å². The van der Waals surface area contributed by atoms with Crippen molar-refractivity contribution in [1.82, 2.24) is 5.32 Å². The van der Waals surface area contributed by atoms with E-state index in [0.29, 0.717) is 11.5 Å². The Labute approximate surface area is 148 Å². The fraction of sp³-hybridized carbons (Fsp3) is 0.278. The van der Waals surface area contributed by atoms with Crippen LogP contribution in [0.15, 0.2) is 42.5 Å². The van der Waals surface area contributed by atoms with Crippen molar-refractivity contribution in [3.05, 3.63) is 53.6 Å². The Morgan fingerprint density at radius 3 is 2.23 bits per heavy atom. The molecule has 0 aliphatic carbocycles. The molecule has 0 unspecified atom stereocenters. The number of halogens is 3. The minimum atomic E-state index is -4.41. The number of nitrogens with one attached hydrogen (secondary N) is 1. The zero-order valence-corrected chi connectivity index (χ0v) is 14.2. The van der Waals surface area contributed by atoms with Gasteiger partial charge in [-0.2, -0.15) is 13.2 Å². The molecule has 0 heterocycles. The predicted octanol–water partition coefficient (Wildman–Crippen LogP) is 3.42. The van der Waals surface area contributed by atoms with Crippen LogP contribution in [0.25, 0.3) is 0 Å². The Hall–Kier alpha value is -2.90. The number of hydrogen-bond acceptors (Lipinski definition) is 4. The van der Waals surface area contributed by atoms with Crippen LogP contribution in [0.5, 0.6) is 17.2 Å². The summed E-state index contributed by atoms with van der Waals surface area (Å²) in [6.07, 6.45) is -4.41. The second-order valence-corrected chi connectivity index (χ2v) is 5.28. The Morgan fingerprint density at radius 1 is 1.00 bits per heavy atom. The summed E-state index contributed by atoms with van der Waals surface area (Å²) in [6, 6.07) is 9.37. The molecule has 0 aromatic heterocycles. The zero-order valence-electron chi connectivity index (χ0n) is 14.2. The summed E-state index contributed by atoms with van der Waals surface area (Å²) in [6.45, 7) is -0.0613. The molecular weight excluding hydrogens is 351 g/mol. The number of alkyl halides is 3. The van der Waals surface area contributed by atoms with Gasteiger partial charge in [-0.25, -0.2) is 0 Å². The summed E-state index contributed by atoms with van der Waals surface area (Å²) in [4.78, 5) is 11.8. The molecule has 1 N–H and O–H groups in total. The molecule has 140 valence electrons. The van der Waals surface area contributed by atoms with Gasteiger partial charge in [0, 0.05) is 6.54 Å². The molecule has 0 fully saturated rings. The molecule has 0 aliphatic heterocycles. The molecule has 0 aliphatic rings. The van der Waals surface area contributed by atoms with E-state index < -0.39 is 17.6 Å². The fourth-order valence-corrected chi connectivity index (χ4v) is 2.13. The lowest BCUT2D eigenvalue weighted by Crippen LogP contribution is -2.28. The molecule has 5 nitrogen and oxygen atoms in total. The van der Waals surface area contributed by atoms with Crippen molar-refractivity contribution in [3.63, 3.8) is 0 Å². The maximum atomic E-state index is 12.5. The van der Waals surface area contributed by atoms with Gasteiger partial charge in [-0.15, -0.1) is 0 Å². The van der Waals surface area contributed by atoms with E-state index in [2.05, 4.69) is 5.32 Å². The number of methoxy groups -OCH3 is 2. The smallest absolute Gasteiger partial charge is 0.416 e. The molecule has 8 heteroatoms. The van der Waals surface area contributed by atoms with Crippen molar-refractivity contribution in [3.8, 4) is 17.2 Å². The number of carbonyl (C=O) groups excluding carboxylic acids is 1. The highest BCUT2D eigenvalue weighted by atomic mass is 19.4. The van der Waals surface area contributed by atoms with Crippen molar-refractivity contribution in [2.24, 2.45) is 0 Å². The first kappa shape index (κ1) is 19.4. The van der Waals surface area contributed by atoms with Crippen LogP contribution in [-0.4, -0.2) is 26.7 Å². The highest BCUT2D eigenvalue weighted by Gasteiger charge is 2.30. The normalized spacial score (nSPS) is 11.0. The number of carbonyl (C=O) groups is 1. The van der Waals surface area contributed by atoms with Gasteiger partial charge in [0.15, 0.2) is 18.1 Å². The Balaban J connectivity index is 1.84. The molecule has 0 bridgehead atoms. The van der Waals surface area contributed by atoms with E-state index in [1.165, 1.54) is 26.4 Å². The van der Waals surface area contributed by atoms with Gasteiger partial charge in [-0.05, 0) is 42.0 Å². The van der Waals surface area contributed by atoms with Crippen molar-refractivity contribution in [2.75, 3.05) is 20.8 Å². The molecule has 0 radical (unpaired) electrons. The number of hydrogen-bond donors (Lipinski definition) is 1. The monoisotopic (exact) mass is 369 g/mol. The van der Waals surface area contributed by atoms with Crippen LogP contribution in [0.2, 0.25) is 0 Å². The second kappa shape index (κ2) is 8.46. The third-order valence-corrected chi connectivity index (χ3v) is 3.49. The van der Waals surface area contributed by atoms with Gasteiger partial charge in [-0.3, -0.25) is 4.79 Å². The maximum absolute atomic E-state index is 12.5. The van der Waals surface area contributed by atoms with Crippen LogP contribution in [0.4, 0.5) is 13.2 Å². The van der Waals surface area contributed by atoms with Gasteiger partial charge >= 0.3 is 6.18 Å². The first-order valence-corrected chi connectivity index (χ1v) is 7.61. The molecule has 1 amide bonds. The van der Waals surface area contributed by atoms with Gasteiger partial charge in [0.2, 0.25) is 0 Å². The topological polar surface area (TPSA) is 56.8 Å². The largest absolute Gasteiger partial charge is 0.493 e. The number of amides is 1. The quantitative estimate of drug-likeness (QED) is 0.813. The molecule has 0 spiro atoms. The van der Waals surface area contributed by atoms with E-state index >= 15 is 0 Å². The summed E-state index contributed by atoms with van der Waals surface area (Å²) in [5.74, 6) is 0.896. The number of ether oxygens (including phenoxy) is 3. The first-order chi connectivity index (χ1) is 12.3. The van der Waals surface area contributed by atoms with Crippen LogP contribution in [-0.2, 0) is 17.5 Å². The van der Waals surface area contributed by atoms with Crippen molar-refractivity contribution >= 4 is 5.91 Å². The van der Waals surface area contributed by atoms with Crippen molar-refractivity contribution in [1.29, 1.82) is 0 Å². The minimum Gasteiger partial charge on any atom is -0.493 e. The molecule has 0 saturated carbocycles.